The minimum Gasteiger partial charge on any atom is -0.358 e. The van der Waals surface area contributed by atoms with Gasteiger partial charge in [0, 0.05) is 11.2 Å². The first-order chi connectivity index (χ1) is 7.84. The van der Waals surface area contributed by atoms with E-state index in [4.69, 9.17) is 0 Å². The van der Waals surface area contributed by atoms with Crippen LogP contribution in [0.5, 0.6) is 0 Å². The summed E-state index contributed by atoms with van der Waals surface area (Å²) in [6.07, 6.45) is 6.96. The summed E-state index contributed by atoms with van der Waals surface area (Å²) >= 11 is 0. The summed E-state index contributed by atoms with van der Waals surface area (Å²) in [5, 5.41) is 1.38. The first kappa shape index (κ1) is 9.95. The van der Waals surface area contributed by atoms with Gasteiger partial charge in [-0.2, -0.15) is 0 Å². The van der Waals surface area contributed by atoms with Gasteiger partial charge in [-0.1, -0.05) is 37.5 Å². The van der Waals surface area contributed by atoms with Crippen LogP contribution in [0.15, 0.2) is 24.3 Å². The van der Waals surface area contributed by atoms with E-state index in [2.05, 4.69) is 36.2 Å². The molecule has 1 aromatic heterocycles. The summed E-state index contributed by atoms with van der Waals surface area (Å²) < 4.78 is 0. The van der Waals surface area contributed by atoms with E-state index in [1.165, 1.54) is 54.3 Å². The number of aromatic amines is 1. The second-order valence-corrected chi connectivity index (χ2v) is 5.10. The highest BCUT2D eigenvalue weighted by Gasteiger charge is 2.17. The highest BCUT2D eigenvalue weighted by atomic mass is 14.7. The maximum absolute atomic E-state index is 3.63. The standard InChI is InChI=1S/C15H19N/c1-11-6-5-9-13-10-14(16-15(11)13)12-7-3-2-4-8-12/h5-6,9-10,12,16H,2-4,7-8H2,1H3. The van der Waals surface area contributed by atoms with E-state index in [1.807, 2.05) is 0 Å². The molecule has 3 rings (SSSR count). The maximum atomic E-state index is 3.63. The van der Waals surface area contributed by atoms with E-state index in [0.717, 1.165) is 5.92 Å². The zero-order valence-corrected chi connectivity index (χ0v) is 9.92. The molecule has 0 radical (unpaired) electrons. The van der Waals surface area contributed by atoms with Crippen molar-refractivity contribution in [3.8, 4) is 0 Å². The second-order valence-electron chi connectivity index (χ2n) is 5.10. The first-order valence-electron chi connectivity index (χ1n) is 6.43. The second kappa shape index (κ2) is 3.97. The summed E-state index contributed by atoms with van der Waals surface area (Å²) in [7, 11) is 0. The highest BCUT2D eigenvalue weighted by molar-refractivity contribution is 5.83. The molecule has 0 atom stereocenters. The van der Waals surface area contributed by atoms with Gasteiger partial charge in [0.05, 0.1) is 0 Å². The van der Waals surface area contributed by atoms with Gasteiger partial charge in [0.1, 0.15) is 0 Å². The molecular formula is C15H19N. The zero-order valence-electron chi connectivity index (χ0n) is 9.92. The van der Waals surface area contributed by atoms with Gasteiger partial charge in [0.15, 0.2) is 0 Å². The summed E-state index contributed by atoms with van der Waals surface area (Å²) in [4.78, 5) is 3.63. The molecule has 1 N–H and O–H groups in total. The van der Waals surface area contributed by atoms with Gasteiger partial charge in [-0.15, -0.1) is 0 Å². The Labute approximate surface area is 96.9 Å². The predicted octanol–water partition coefficient (Wildman–Crippen LogP) is 4.52. The van der Waals surface area contributed by atoms with Crippen molar-refractivity contribution in [2.24, 2.45) is 0 Å². The lowest BCUT2D eigenvalue weighted by Gasteiger charge is -2.20. The van der Waals surface area contributed by atoms with Crippen molar-refractivity contribution >= 4 is 10.9 Å². The van der Waals surface area contributed by atoms with Crippen molar-refractivity contribution in [1.29, 1.82) is 0 Å². The number of hydrogen-bond acceptors (Lipinski definition) is 0. The van der Waals surface area contributed by atoms with Gasteiger partial charge in [-0.05, 0) is 42.7 Å². The average Bonchev–Trinajstić information content (AvgIpc) is 2.76. The zero-order chi connectivity index (χ0) is 11.0. The molecule has 0 saturated heterocycles. The van der Waals surface area contributed by atoms with Crippen LogP contribution >= 0.6 is 0 Å². The molecule has 16 heavy (non-hydrogen) atoms. The monoisotopic (exact) mass is 213 g/mol. The number of fused-ring (bicyclic) bond motifs is 1. The normalized spacial score (nSPS) is 18.1. The number of rotatable bonds is 1. The lowest BCUT2D eigenvalue weighted by Crippen LogP contribution is -2.04. The molecule has 1 heteroatoms. The number of aromatic nitrogens is 1. The molecule has 1 heterocycles. The average molecular weight is 213 g/mol. The molecule has 84 valence electrons. The lowest BCUT2D eigenvalue weighted by molar-refractivity contribution is 0.438. The maximum Gasteiger partial charge on any atom is 0.0485 e. The third kappa shape index (κ3) is 1.64. The third-order valence-corrected chi connectivity index (χ3v) is 3.93. The summed E-state index contributed by atoms with van der Waals surface area (Å²) in [5.41, 5.74) is 4.16. The predicted molar refractivity (Wildman–Crippen MR) is 68.9 cm³/mol. The van der Waals surface area contributed by atoms with Gasteiger partial charge < -0.3 is 4.98 Å². The summed E-state index contributed by atoms with van der Waals surface area (Å²) in [6.45, 7) is 2.18. The fourth-order valence-electron chi connectivity index (χ4n) is 2.96. The SMILES string of the molecule is Cc1cccc2cc(C3CCCCC3)[nH]c12. The van der Waals surface area contributed by atoms with Crippen molar-refractivity contribution in [2.75, 3.05) is 0 Å². The van der Waals surface area contributed by atoms with Gasteiger partial charge in [0.25, 0.3) is 0 Å². The molecule has 1 nitrogen and oxygen atoms in total. The van der Waals surface area contributed by atoms with Crippen molar-refractivity contribution in [1.82, 2.24) is 4.98 Å². The van der Waals surface area contributed by atoms with Crippen LogP contribution in [0.4, 0.5) is 0 Å². The molecular weight excluding hydrogens is 194 g/mol. The Balaban J connectivity index is 2.01. The number of para-hydroxylation sites is 1. The Bertz CT molecular complexity index is 489. The van der Waals surface area contributed by atoms with Crippen LogP contribution in [-0.2, 0) is 0 Å². The molecule has 1 saturated carbocycles. The van der Waals surface area contributed by atoms with E-state index >= 15 is 0 Å². The van der Waals surface area contributed by atoms with Crippen molar-refractivity contribution in [2.45, 2.75) is 44.9 Å². The molecule has 0 amide bonds. The van der Waals surface area contributed by atoms with Crippen molar-refractivity contribution in [3.63, 3.8) is 0 Å². The fraction of sp³-hybridized carbons (Fsp3) is 0.467. The van der Waals surface area contributed by atoms with Gasteiger partial charge in [-0.25, -0.2) is 0 Å². The van der Waals surface area contributed by atoms with E-state index in [9.17, 15) is 0 Å². The highest BCUT2D eigenvalue weighted by Crippen LogP contribution is 2.34. The van der Waals surface area contributed by atoms with Crippen LogP contribution in [0, 0.1) is 6.92 Å². The summed E-state index contributed by atoms with van der Waals surface area (Å²) in [5.74, 6) is 0.778. The van der Waals surface area contributed by atoms with Crippen LogP contribution < -0.4 is 0 Å². The lowest BCUT2D eigenvalue weighted by atomic mass is 9.87. The van der Waals surface area contributed by atoms with E-state index in [1.54, 1.807) is 0 Å². The number of benzene rings is 1. The van der Waals surface area contributed by atoms with Crippen LogP contribution in [0.2, 0.25) is 0 Å². The summed E-state index contributed by atoms with van der Waals surface area (Å²) in [6, 6.07) is 8.91. The Morgan fingerprint density at radius 2 is 1.94 bits per heavy atom. The number of hydrogen-bond donors (Lipinski definition) is 1. The van der Waals surface area contributed by atoms with E-state index < -0.39 is 0 Å². The third-order valence-electron chi connectivity index (χ3n) is 3.93. The number of aryl methyl sites for hydroxylation is 1. The number of nitrogens with one attached hydrogen (secondary N) is 1. The van der Waals surface area contributed by atoms with Crippen LogP contribution in [0.3, 0.4) is 0 Å². The Morgan fingerprint density at radius 1 is 1.12 bits per heavy atom. The quantitative estimate of drug-likeness (QED) is 0.716. The molecule has 0 unspecified atom stereocenters. The molecule has 0 spiro atoms. The molecule has 1 aliphatic carbocycles. The minimum absolute atomic E-state index is 0.778. The molecule has 1 fully saturated rings. The molecule has 2 aromatic rings. The topological polar surface area (TPSA) is 15.8 Å². The Morgan fingerprint density at radius 3 is 2.69 bits per heavy atom. The van der Waals surface area contributed by atoms with Crippen LogP contribution in [0.1, 0.15) is 49.3 Å². The largest absolute Gasteiger partial charge is 0.358 e. The Kier molecular flexibility index (Phi) is 2.47. The Hall–Kier alpha value is -1.24. The molecule has 1 aliphatic rings. The number of H-pyrrole nitrogens is 1. The van der Waals surface area contributed by atoms with Crippen LogP contribution in [0.25, 0.3) is 10.9 Å². The molecule has 1 aromatic carbocycles. The van der Waals surface area contributed by atoms with Crippen molar-refractivity contribution < 1.29 is 0 Å². The van der Waals surface area contributed by atoms with Gasteiger partial charge >= 0.3 is 0 Å². The molecule has 0 aliphatic heterocycles. The smallest absolute Gasteiger partial charge is 0.0485 e. The van der Waals surface area contributed by atoms with Crippen LogP contribution in [-0.4, -0.2) is 4.98 Å². The fourth-order valence-corrected chi connectivity index (χ4v) is 2.96. The van der Waals surface area contributed by atoms with E-state index in [0.29, 0.717) is 0 Å². The van der Waals surface area contributed by atoms with Crippen molar-refractivity contribution in [3.05, 3.63) is 35.5 Å². The van der Waals surface area contributed by atoms with E-state index in [-0.39, 0.29) is 0 Å². The first-order valence-corrected chi connectivity index (χ1v) is 6.43. The van der Waals surface area contributed by atoms with Gasteiger partial charge in [0.2, 0.25) is 0 Å². The minimum atomic E-state index is 0.778. The van der Waals surface area contributed by atoms with Gasteiger partial charge in [-0.3, -0.25) is 0 Å². The molecule has 0 bridgehead atoms.